The molecular formula is C9H12N2O. The summed E-state index contributed by atoms with van der Waals surface area (Å²) in [5.41, 5.74) is 7.94. The third-order valence-electron chi connectivity index (χ3n) is 1.49. The van der Waals surface area contributed by atoms with Gasteiger partial charge in [-0.3, -0.25) is 0 Å². The molecular weight excluding hydrogens is 152 g/mol. The quantitative estimate of drug-likeness (QED) is 0.653. The van der Waals surface area contributed by atoms with E-state index in [1.54, 1.807) is 0 Å². The molecule has 0 bridgehead atoms. The highest BCUT2D eigenvalue weighted by Gasteiger charge is 1.96. The topological polar surface area (TPSA) is 55.1 Å². The first-order valence-electron chi connectivity index (χ1n) is 3.72. The number of primary amides is 1. The van der Waals surface area contributed by atoms with Gasteiger partial charge in [0.1, 0.15) is 0 Å². The van der Waals surface area contributed by atoms with Crippen LogP contribution in [0, 0.1) is 13.8 Å². The standard InChI is InChI=1S/C9H12N2O/c1-6-3-7(2)5-8(4-6)11-9(10)12/h3-5H,1-2H3,(H3,10,11,12). The summed E-state index contributed by atoms with van der Waals surface area (Å²) in [5.74, 6) is 0. The van der Waals surface area contributed by atoms with Crippen LogP contribution < -0.4 is 11.1 Å². The molecule has 3 heteroatoms. The van der Waals surface area contributed by atoms with Gasteiger partial charge in [-0.2, -0.15) is 0 Å². The summed E-state index contributed by atoms with van der Waals surface area (Å²) in [5, 5.41) is 2.53. The van der Waals surface area contributed by atoms with Crippen molar-refractivity contribution in [2.24, 2.45) is 5.73 Å². The van der Waals surface area contributed by atoms with Crippen LogP contribution in [0.4, 0.5) is 10.5 Å². The van der Waals surface area contributed by atoms with E-state index in [1.165, 1.54) is 0 Å². The van der Waals surface area contributed by atoms with Crippen molar-refractivity contribution in [1.29, 1.82) is 0 Å². The van der Waals surface area contributed by atoms with Crippen molar-refractivity contribution >= 4 is 11.7 Å². The van der Waals surface area contributed by atoms with E-state index in [4.69, 9.17) is 5.73 Å². The predicted octanol–water partition coefficient (Wildman–Crippen LogP) is 1.79. The van der Waals surface area contributed by atoms with Crippen LogP contribution in [0.1, 0.15) is 11.1 Å². The van der Waals surface area contributed by atoms with E-state index in [9.17, 15) is 4.79 Å². The zero-order valence-electron chi connectivity index (χ0n) is 7.22. The summed E-state index contributed by atoms with van der Waals surface area (Å²) in [7, 11) is 0. The molecule has 0 atom stereocenters. The number of hydrogen-bond donors (Lipinski definition) is 2. The molecule has 0 fully saturated rings. The number of carbonyl (C=O) groups is 1. The summed E-state index contributed by atoms with van der Waals surface area (Å²) >= 11 is 0. The summed E-state index contributed by atoms with van der Waals surface area (Å²) < 4.78 is 0. The van der Waals surface area contributed by atoms with Crippen LogP contribution in [-0.2, 0) is 0 Å². The SMILES string of the molecule is Cc1cc(C)cc(NC(N)=O)c1. The van der Waals surface area contributed by atoms with Gasteiger partial charge in [0.25, 0.3) is 0 Å². The van der Waals surface area contributed by atoms with E-state index in [0.29, 0.717) is 0 Å². The smallest absolute Gasteiger partial charge is 0.316 e. The van der Waals surface area contributed by atoms with Crippen molar-refractivity contribution in [2.45, 2.75) is 13.8 Å². The molecule has 0 spiro atoms. The van der Waals surface area contributed by atoms with Crippen LogP contribution >= 0.6 is 0 Å². The van der Waals surface area contributed by atoms with Gasteiger partial charge in [-0.05, 0) is 37.1 Å². The maximum Gasteiger partial charge on any atom is 0.316 e. The number of amides is 2. The molecule has 0 aliphatic heterocycles. The lowest BCUT2D eigenvalue weighted by Crippen LogP contribution is -2.19. The second-order valence-electron chi connectivity index (χ2n) is 2.87. The fourth-order valence-corrected chi connectivity index (χ4v) is 1.19. The Bertz CT molecular complexity index is 287. The Labute approximate surface area is 71.6 Å². The number of anilines is 1. The Hall–Kier alpha value is -1.51. The molecule has 0 saturated heterocycles. The number of nitrogens with two attached hydrogens (primary N) is 1. The first-order chi connectivity index (χ1) is 5.58. The van der Waals surface area contributed by atoms with Crippen molar-refractivity contribution in [2.75, 3.05) is 5.32 Å². The third-order valence-corrected chi connectivity index (χ3v) is 1.49. The molecule has 1 rings (SSSR count). The molecule has 0 unspecified atom stereocenters. The van der Waals surface area contributed by atoms with Crippen molar-refractivity contribution in [3.05, 3.63) is 29.3 Å². The fraction of sp³-hybridized carbons (Fsp3) is 0.222. The second kappa shape index (κ2) is 3.26. The molecule has 0 aliphatic rings. The third kappa shape index (κ3) is 2.27. The minimum absolute atomic E-state index is 0.528. The number of rotatable bonds is 1. The molecule has 1 aromatic carbocycles. The molecule has 0 radical (unpaired) electrons. The minimum atomic E-state index is -0.528. The Balaban J connectivity index is 2.93. The summed E-state index contributed by atoms with van der Waals surface area (Å²) in [6, 6.07) is 5.25. The van der Waals surface area contributed by atoms with Gasteiger partial charge in [-0.15, -0.1) is 0 Å². The van der Waals surface area contributed by atoms with Crippen LogP contribution in [-0.4, -0.2) is 6.03 Å². The van der Waals surface area contributed by atoms with Crippen LogP contribution in [0.2, 0.25) is 0 Å². The molecule has 2 amide bonds. The van der Waals surface area contributed by atoms with E-state index >= 15 is 0 Å². The van der Waals surface area contributed by atoms with Gasteiger partial charge in [-0.1, -0.05) is 6.07 Å². The molecule has 0 aliphatic carbocycles. The number of hydrogen-bond acceptors (Lipinski definition) is 1. The zero-order chi connectivity index (χ0) is 9.14. The molecule has 0 saturated carbocycles. The highest BCUT2D eigenvalue weighted by Crippen LogP contribution is 2.12. The first-order valence-corrected chi connectivity index (χ1v) is 3.72. The van der Waals surface area contributed by atoms with Gasteiger partial charge in [0, 0.05) is 5.69 Å². The Morgan fingerprint density at radius 1 is 1.25 bits per heavy atom. The van der Waals surface area contributed by atoms with Gasteiger partial charge in [-0.25, -0.2) is 4.79 Å². The number of benzene rings is 1. The van der Waals surface area contributed by atoms with Crippen LogP contribution in [0.15, 0.2) is 18.2 Å². The lowest BCUT2D eigenvalue weighted by molar-refractivity contribution is 0.259. The normalized spacial score (nSPS) is 9.50. The van der Waals surface area contributed by atoms with Crippen LogP contribution in [0.5, 0.6) is 0 Å². The van der Waals surface area contributed by atoms with E-state index in [0.717, 1.165) is 16.8 Å². The average Bonchev–Trinajstić information content (AvgIpc) is 1.81. The molecule has 1 aromatic rings. The lowest BCUT2D eigenvalue weighted by atomic mass is 10.1. The monoisotopic (exact) mass is 164 g/mol. The van der Waals surface area contributed by atoms with E-state index < -0.39 is 6.03 Å². The maximum absolute atomic E-state index is 10.5. The van der Waals surface area contributed by atoms with Gasteiger partial charge in [0.05, 0.1) is 0 Å². The number of aryl methyl sites for hydroxylation is 2. The summed E-state index contributed by atoms with van der Waals surface area (Å²) in [6.45, 7) is 3.94. The van der Waals surface area contributed by atoms with Gasteiger partial charge in [0.2, 0.25) is 0 Å². The van der Waals surface area contributed by atoms with Gasteiger partial charge < -0.3 is 11.1 Å². The van der Waals surface area contributed by atoms with Gasteiger partial charge in [0.15, 0.2) is 0 Å². The second-order valence-corrected chi connectivity index (χ2v) is 2.87. The highest BCUT2D eigenvalue weighted by molar-refractivity contribution is 5.87. The molecule has 64 valence electrons. The Morgan fingerprint density at radius 2 is 1.75 bits per heavy atom. The van der Waals surface area contributed by atoms with Crippen LogP contribution in [0.25, 0.3) is 0 Å². The van der Waals surface area contributed by atoms with Crippen molar-refractivity contribution < 1.29 is 4.79 Å². The van der Waals surface area contributed by atoms with E-state index in [1.807, 2.05) is 32.0 Å². The highest BCUT2D eigenvalue weighted by atomic mass is 16.2. The summed E-state index contributed by atoms with van der Waals surface area (Å²) in [4.78, 5) is 10.5. The lowest BCUT2D eigenvalue weighted by Gasteiger charge is -2.03. The molecule has 3 nitrogen and oxygen atoms in total. The number of urea groups is 1. The maximum atomic E-state index is 10.5. The minimum Gasteiger partial charge on any atom is -0.351 e. The van der Waals surface area contributed by atoms with Crippen molar-refractivity contribution in [3.8, 4) is 0 Å². The largest absolute Gasteiger partial charge is 0.351 e. The van der Waals surface area contributed by atoms with Crippen molar-refractivity contribution in [1.82, 2.24) is 0 Å². The summed E-state index contributed by atoms with van der Waals surface area (Å²) in [6.07, 6.45) is 0. The predicted molar refractivity (Wildman–Crippen MR) is 49.1 cm³/mol. The van der Waals surface area contributed by atoms with E-state index in [-0.39, 0.29) is 0 Å². The Kier molecular flexibility index (Phi) is 2.33. The molecule has 0 aromatic heterocycles. The van der Waals surface area contributed by atoms with Gasteiger partial charge >= 0.3 is 6.03 Å². The molecule has 12 heavy (non-hydrogen) atoms. The van der Waals surface area contributed by atoms with Crippen LogP contribution in [0.3, 0.4) is 0 Å². The molecule has 3 N–H and O–H groups in total. The number of nitrogens with one attached hydrogen (secondary N) is 1. The first kappa shape index (κ1) is 8.59. The number of carbonyl (C=O) groups excluding carboxylic acids is 1. The van der Waals surface area contributed by atoms with Crippen molar-refractivity contribution in [3.63, 3.8) is 0 Å². The van der Waals surface area contributed by atoms with E-state index in [2.05, 4.69) is 5.32 Å². The molecule has 0 heterocycles. The average molecular weight is 164 g/mol. The zero-order valence-corrected chi connectivity index (χ0v) is 7.22. The fourth-order valence-electron chi connectivity index (χ4n) is 1.19. The Morgan fingerprint density at radius 3 is 2.17 bits per heavy atom.